The van der Waals surface area contributed by atoms with Crippen LogP contribution >= 0.6 is 0 Å². The van der Waals surface area contributed by atoms with Crippen LogP contribution < -0.4 is 0 Å². The number of ether oxygens (including phenoxy) is 1. The summed E-state index contributed by atoms with van der Waals surface area (Å²) in [6, 6.07) is 0. The molecule has 7 atom stereocenters. The molecule has 7 heteroatoms. The summed E-state index contributed by atoms with van der Waals surface area (Å²) >= 11 is 0. The van der Waals surface area contributed by atoms with Crippen molar-refractivity contribution in [1.29, 1.82) is 0 Å². The molecule has 0 aromatic rings. The largest absolute Gasteiger partial charge is 0.450 e. The number of aliphatic hydroxyl groups is 3. The number of hydrogen-bond donors (Lipinski definition) is 3. The second-order valence-electron chi connectivity index (χ2n) is 9.77. The molecule has 0 aliphatic heterocycles. The quantitative estimate of drug-likeness (QED) is 0.458. The summed E-state index contributed by atoms with van der Waals surface area (Å²) in [5.74, 6) is -4.67. The van der Waals surface area contributed by atoms with Gasteiger partial charge in [0.25, 0.3) is 0 Å². The normalized spacial score (nSPS) is 47.3. The van der Waals surface area contributed by atoms with E-state index in [1.165, 1.54) is 6.92 Å². The van der Waals surface area contributed by atoms with Crippen molar-refractivity contribution in [3.8, 4) is 0 Å². The fraction of sp³-hybridized carbons (Fsp3) is 0.682. The van der Waals surface area contributed by atoms with Crippen molar-refractivity contribution in [1.82, 2.24) is 0 Å². The van der Waals surface area contributed by atoms with E-state index >= 15 is 0 Å². The van der Waals surface area contributed by atoms with Crippen molar-refractivity contribution in [3.05, 3.63) is 23.3 Å². The Hall–Kier alpha value is -1.83. The number of esters is 1. The van der Waals surface area contributed by atoms with Crippen LogP contribution in [0, 0.1) is 29.1 Å². The lowest BCUT2D eigenvalue weighted by Crippen LogP contribution is -2.64. The summed E-state index contributed by atoms with van der Waals surface area (Å²) in [5.41, 5.74) is -5.02. The molecule has 2 fully saturated rings. The van der Waals surface area contributed by atoms with Gasteiger partial charge in [-0.25, -0.2) is 0 Å². The van der Waals surface area contributed by atoms with Gasteiger partial charge < -0.3 is 20.1 Å². The molecule has 0 spiro atoms. The number of aliphatic hydroxyl groups excluding tert-OH is 1. The molecule has 4 aliphatic carbocycles. The van der Waals surface area contributed by atoms with E-state index in [-0.39, 0.29) is 13.0 Å². The maximum absolute atomic E-state index is 13.5. The molecule has 0 aromatic carbocycles. The summed E-state index contributed by atoms with van der Waals surface area (Å²) in [6.07, 6.45) is 3.13. The molecule has 4 aliphatic rings. The number of hydrogen-bond acceptors (Lipinski definition) is 7. The molecule has 0 bridgehead atoms. The van der Waals surface area contributed by atoms with Gasteiger partial charge in [0.15, 0.2) is 17.2 Å². The van der Waals surface area contributed by atoms with Crippen molar-refractivity contribution >= 4 is 17.5 Å². The Labute approximate surface area is 169 Å². The first-order valence-corrected chi connectivity index (χ1v) is 10.0. The molecule has 158 valence electrons. The van der Waals surface area contributed by atoms with Crippen molar-refractivity contribution in [3.63, 3.8) is 0 Å². The fourth-order valence-electron chi connectivity index (χ4n) is 6.62. The van der Waals surface area contributed by atoms with Crippen LogP contribution in [-0.2, 0) is 19.1 Å². The molecular formula is C22H28O7. The topological polar surface area (TPSA) is 121 Å². The molecule has 2 saturated carbocycles. The highest BCUT2D eigenvalue weighted by atomic mass is 16.6. The van der Waals surface area contributed by atoms with E-state index in [1.807, 2.05) is 13.8 Å². The first kappa shape index (κ1) is 20.4. The van der Waals surface area contributed by atoms with Crippen LogP contribution in [0.4, 0.5) is 0 Å². The van der Waals surface area contributed by atoms with Crippen LogP contribution in [0.15, 0.2) is 23.3 Å². The third-order valence-corrected chi connectivity index (χ3v) is 8.04. The Kier molecular flexibility index (Phi) is 3.98. The van der Waals surface area contributed by atoms with E-state index in [4.69, 9.17) is 4.74 Å². The predicted octanol–water partition coefficient (Wildman–Crippen LogP) is 0.709. The van der Waals surface area contributed by atoms with Gasteiger partial charge in [0.2, 0.25) is 0 Å². The minimum Gasteiger partial charge on any atom is -0.450 e. The third-order valence-electron chi connectivity index (χ3n) is 8.04. The molecular weight excluding hydrogens is 376 g/mol. The van der Waals surface area contributed by atoms with Crippen LogP contribution in [0.2, 0.25) is 0 Å². The average molecular weight is 404 g/mol. The van der Waals surface area contributed by atoms with Gasteiger partial charge in [0, 0.05) is 42.4 Å². The minimum absolute atomic E-state index is 0.117. The van der Waals surface area contributed by atoms with Crippen molar-refractivity contribution in [2.75, 3.05) is 6.61 Å². The highest BCUT2D eigenvalue weighted by Gasteiger charge is 2.87. The number of Topliss-reactive ketones (excluding diaryl/α,β-unsaturated/α-hetero) is 2. The standard InChI is InChI=1S/C22H28O7/c1-10-6-15-20(27,17(10)25)8-13(9-23)7-14-16-19(4,5)22(16,29-12(3)24)18(26)11(2)21(14,15)28/h6-7,11,14-16,23,27-28H,8-9H2,1-5H3/t11-,14+,15-,16-,20-,21-,22-/m1/s1. The van der Waals surface area contributed by atoms with E-state index in [9.17, 15) is 29.7 Å². The van der Waals surface area contributed by atoms with E-state index in [0.717, 1.165) is 0 Å². The first-order chi connectivity index (χ1) is 13.3. The van der Waals surface area contributed by atoms with E-state index < -0.39 is 63.4 Å². The number of rotatable bonds is 2. The van der Waals surface area contributed by atoms with Gasteiger partial charge in [-0.05, 0) is 18.1 Å². The maximum atomic E-state index is 13.5. The Balaban J connectivity index is 1.95. The Bertz CT molecular complexity index is 899. The Morgan fingerprint density at radius 1 is 1.24 bits per heavy atom. The van der Waals surface area contributed by atoms with Crippen LogP contribution in [0.5, 0.6) is 0 Å². The summed E-state index contributed by atoms with van der Waals surface area (Å²) < 4.78 is 5.60. The summed E-state index contributed by atoms with van der Waals surface area (Å²) in [7, 11) is 0. The van der Waals surface area contributed by atoms with Gasteiger partial charge >= 0.3 is 5.97 Å². The summed E-state index contributed by atoms with van der Waals surface area (Å²) in [6.45, 7) is 7.65. The lowest BCUT2D eigenvalue weighted by molar-refractivity contribution is -0.190. The Morgan fingerprint density at radius 3 is 2.41 bits per heavy atom. The third kappa shape index (κ3) is 2.11. The number of carbonyl (C=O) groups is 3. The van der Waals surface area contributed by atoms with Crippen LogP contribution in [0.1, 0.15) is 41.0 Å². The van der Waals surface area contributed by atoms with Gasteiger partial charge in [-0.2, -0.15) is 0 Å². The van der Waals surface area contributed by atoms with Crippen molar-refractivity contribution in [2.24, 2.45) is 29.1 Å². The predicted molar refractivity (Wildman–Crippen MR) is 101 cm³/mol. The molecule has 0 unspecified atom stereocenters. The van der Waals surface area contributed by atoms with E-state index in [2.05, 4.69) is 0 Å². The molecule has 29 heavy (non-hydrogen) atoms. The lowest BCUT2D eigenvalue weighted by atomic mass is 9.59. The summed E-state index contributed by atoms with van der Waals surface area (Å²) in [5, 5.41) is 33.3. The smallest absolute Gasteiger partial charge is 0.303 e. The second-order valence-corrected chi connectivity index (χ2v) is 9.77. The Morgan fingerprint density at radius 2 is 1.86 bits per heavy atom. The molecule has 0 aromatic heterocycles. The summed E-state index contributed by atoms with van der Waals surface area (Å²) in [4.78, 5) is 38.2. The van der Waals surface area contributed by atoms with Crippen molar-refractivity contribution < 1.29 is 34.4 Å². The van der Waals surface area contributed by atoms with Gasteiger partial charge in [0.1, 0.15) is 5.60 Å². The minimum atomic E-state index is -1.92. The van der Waals surface area contributed by atoms with Gasteiger partial charge in [-0.15, -0.1) is 0 Å². The number of ketones is 2. The number of carbonyl (C=O) groups excluding carboxylic acids is 3. The first-order valence-electron chi connectivity index (χ1n) is 10.0. The second kappa shape index (κ2) is 5.65. The maximum Gasteiger partial charge on any atom is 0.303 e. The highest BCUT2D eigenvalue weighted by Crippen LogP contribution is 2.75. The molecule has 0 heterocycles. The fourth-order valence-corrected chi connectivity index (χ4v) is 6.62. The zero-order valence-corrected chi connectivity index (χ0v) is 17.4. The van der Waals surface area contributed by atoms with Gasteiger partial charge in [0.05, 0.1) is 12.2 Å². The SMILES string of the molecule is CC(=O)O[C@@]12C(=O)[C@@H](C)[C@@]3(O)[C@@H](C=C(CO)C[C@]4(O)C(=O)C(C)=C[C@@H]34)[C@@H]1C2(C)C. The zero-order valence-electron chi connectivity index (χ0n) is 17.4. The van der Waals surface area contributed by atoms with Crippen molar-refractivity contribution in [2.45, 2.75) is 57.8 Å². The molecule has 0 radical (unpaired) electrons. The molecule has 0 amide bonds. The highest BCUT2D eigenvalue weighted by molar-refractivity contribution is 6.05. The van der Waals surface area contributed by atoms with Gasteiger partial charge in [-0.1, -0.05) is 32.9 Å². The van der Waals surface area contributed by atoms with Crippen LogP contribution in [0.25, 0.3) is 0 Å². The molecule has 7 nitrogen and oxygen atoms in total. The van der Waals surface area contributed by atoms with Crippen LogP contribution in [-0.4, -0.2) is 56.3 Å². The van der Waals surface area contributed by atoms with Crippen LogP contribution in [0.3, 0.4) is 0 Å². The lowest BCUT2D eigenvalue weighted by Gasteiger charge is -2.49. The van der Waals surface area contributed by atoms with E-state index in [1.54, 1.807) is 26.0 Å². The molecule has 4 rings (SSSR count). The molecule has 3 N–H and O–H groups in total. The molecule has 0 saturated heterocycles. The van der Waals surface area contributed by atoms with Gasteiger partial charge in [-0.3, -0.25) is 14.4 Å². The monoisotopic (exact) mass is 404 g/mol. The number of fused-ring (bicyclic) bond motifs is 5. The average Bonchev–Trinajstić information content (AvgIpc) is 3.06. The zero-order chi connectivity index (χ0) is 21.7. The van der Waals surface area contributed by atoms with E-state index in [0.29, 0.717) is 11.1 Å².